The van der Waals surface area contributed by atoms with Gasteiger partial charge < -0.3 is 23.8 Å². The van der Waals surface area contributed by atoms with Crippen molar-refractivity contribution in [2.24, 2.45) is 0 Å². The van der Waals surface area contributed by atoms with Crippen LogP contribution in [0, 0.1) is 0 Å². The molecular weight excluding hydrogens is 703 g/mol. The summed E-state index contributed by atoms with van der Waals surface area (Å²) in [6.45, 7) is 4.59. The predicted octanol–water partition coefficient (Wildman–Crippen LogP) is 12.4. The maximum absolute atomic E-state index is 12.7. The van der Waals surface area contributed by atoms with Crippen LogP contribution in [0.4, 0.5) is 0 Å². The van der Waals surface area contributed by atoms with Crippen LogP contribution in [0.5, 0.6) is 0 Å². The Kier molecular flexibility index (Phi) is 37.2. The minimum Gasteiger partial charge on any atom is -0.477 e. The van der Waals surface area contributed by atoms with Gasteiger partial charge in [-0.05, 0) is 57.8 Å². The Balaban J connectivity index is 4.34. The first-order valence-corrected chi connectivity index (χ1v) is 22.7. The van der Waals surface area contributed by atoms with Crippen LogP contribution >= 0.6 is 0 Å². The monoisotopic (exact) mass is 789 g/mol. The molecule has 0 saturated carbocycles. The number of unbranched alkanes of at least 4 members (excludes halogenated alkanes) is 20. The highest BCUT2D eigenvalue weighted by Gasteiger charge is 2.31. The number of nitrogens with zero attached hydrogens (tertiary/aromatic N) is 1. The molecule has 0 aromatic heterocycles. The van der Waals surface area contributed by atoms with E-state index in [-0.39, 0.29) is 36.2 Å². The first kappa shape index (κ1) is 53.3. The van der Waals surface area contributed by atoms with Crippen molar-refractivity contribution in [3.8, 4) is 0 Å². The van der Waals surface area contributed by atoms with E-state index in [1.54, 1.807) is 0 Å². The number of quaternary nitrogens is 1. The number of likely N-dealkylation sites (N-methyl/N-ethyl adjacent to an activating group) is 1. The number of ether oxygens (including phenoxy) is 3. The second-order valence-electron chi connectivity index (χ2n) is 16.3. The van der Waals surface area contributed by atoms with Gasteiger partial charge in [0.15, 0.2) is 12.1 Å². The minimum absolute atomic E-state index is 0.0551. The SMILES string of the molecule is CC/C=C/C=C/C=C/CCCCCCCCCC(=O)OCC(COCCC(C(=O)O)[N+](C)(C)C)OC(=O)CCCCCCCCC/C=C/CCCCCCCC. The van der Waals surface area contributed by atoms with E-state index >= 15 is 0 Å². The summed E-state index contributed by atoms with van der Waals surface area (Å²) in [6, 6.07) is -0.617. The van der Waals surface area contributed by atoms with Crippen LogP contribution < -0.4 is 0 Å². The molecule has 324 valence electrons. The topological polar surface area (TPSA) is 99.1 Å². The molecule has 0 amide bonds. The molecule has 0 aromatic carbocycles. The third-order valence-corrected chi connectivity index (χ3v) is 10.0. The molecular formula is C48H86NO7+. The molecule has 8 nitrogen and oxygen atoms in total. The van der Waals surface area contributed by atoms with Crippen LogP contribution in [0.1, 0.15) is 187 Å². The maximum Gasteiger partial charge on any atom is 0.362 e. The zero-order valence-corrected chi connectivity index (χ0v) is 36.8. The third kappa shape index (κ3) is 36.9. The van der Waals surface area contributed by atoms with E-state index < -0.39 is 18.1 Å². The highest BCUT2D eigenvalue weighted by Crippen LogP contribution is 2.14. The fraction of sp³-hybridized carbons (Fsp3) is 0.771. The number of hydrogen-bond donors (Lipinski definition) is 1. The number of rotatable bonds is 40. The van der Waals surface area contributed by atoms with Crippen molar-refractivity contribution in [1.29, 1.82) is 0 Å². The molecule has 0 fully saturated rings. The van der Waals surface area contributed by atoms with Gasteiger partial charge in [-0.1, -0.05) is 159 Å². The summed E-state index contributed by atoms with van der Waals surface area (Å²) < 4.78 is 17.3. The van der Waals surface area contributed by atoms with Crippen LogP contribution in [-0.4, -0.2) is 80.6 Å². The lowest BCUT2D eigenvalue weighted by Gasteiger charge is -2.31. The number of carbonyl (C=O) groups is 3. The standard InChI is InChI=1S/C48H85NO7/c1-6-8-10-12-14-16-18-20-22-23-25-27-29-31-33-35-37-39-47(51)56-44(42-54-41-40-45(48(52)53)49(3,4)5)43-55-46(50)38-36-34-32-30-28-26-24-21-19-17-15-13-11-9-7-2/h9,11,13,15,17,19-20,22,44-45H,6-8,10,12,14,16,18,21,23-43H2,1-5H3/p+1/b11-9+,15-13+,19-17+,22-20+. The lowest BCUT2D eigenvalue weighted by molar-refractivity contribution is -0.887. The zero-order valence-electron chi connectivity index (χ0n) is 36.8. The van der Waals surface area contributed by atoms with Gasteiger partial charge in [-0.15, -0.1) is 0 Å². The summed E-state index contributed by atoms with van der Waals surface area (Å²) in [4.78, 5) is 37.0. The first-order chi connectivity index (χ1) is 27.1. The van der Waals surface area contributed by atoms with E-state index in [0.29, 0.717) is 19.3 Å². The molecule has 0 rings (SSSR count). The molecule has 8 heteroatoms. The fourth-order valence-corrected chi connectivity index (χ4v) is 6.50. The second-order valence-corrected chi connectivity index (χ2v) is 16.3. The largest absolute Gasteiger partial charge is 0.477 e. The van der Waals surface area contributed by atoms with Crippen LogP contribution in [0.2, 0.25) is 0 Å². The summed E-state index contributed by atoms with van der Waals surface area (Å²) in [5.41, 5.74) is 0. The average molecular weight is 789 g/mol. The normalized spacial score (nSPS) is 13.4. The van der Waals surface area contributed by atoms with Crippen molar-refractivity contribution in [2.45, 2.75) is 199 Å². The van der Waals surface area contributed by atoms with Crippen LogP contribution in [-0.2, 0) is 28.6 Å². The molecule has 0 bridgehead atoms. The van der Waals surface area contributed by atoms with Crippen LogP contribution in [0.3, 0.4) is 0 Å². The highest BCUT2D eigenvalue weighted by atomic mass is 16.6. The quantitative estimate of drug-likeness (QED) is 0.0217. The summed E-state index contributed by atoms with van der Waals surface area (Å²) in [5, 5.41) is 9.62. The Hall–Kier alpha value is -2.71. The van der Waals surface area contributed by atoms with Crippen LogP contribution in [0.15, 0.2) is 48.6 Å². The van der Waals surface area contributed by atoms with Crippen LogP contribution in [0.25, 0.3) is 0 Å². The molecule has 0 saturated heterocycles. The third-order valence-electron chi connectivity index (χ3n) is 10.0. The van der Waals surface area contributed by atoms with Gasteiger partial charge in [-0.25, -0.2) is 4.79 Å². The van der Waals surface area contributed by atoms with Gasteiger partial charge in [-0.2, -0.15) is 0 Å². The number of esters is 2. The van der Waals surface area contributed by atoms with E-state index in [1.807, 2.05) is 21.1 Å². The molecule has 56 heavy (non-hydrogen) atoms. The lowest BCUT2D eigenvalue weighted by Crippen LogP contribution is -2.50. The Morgan fingerprint density at radius 3 is 1.52 bits per heavy atom. The van der Waals surface area contributed by atoms with Crippen molar-refractivity contribution in [1.82, 2.24) is 0 Å². The molecule has 1 N–H and O–H groups in total. The van der Waals surface area contributed by atoms with Crippen molar-refractivity contribution < 1.29 is 38.2 Å². The fourth-order valence-electron chi connectivity index (χ4n) is 6.50. The Labute approximate surface area is 344 Å². The molecule has 0 aliphatic carbocycles. The molecule has 0 heterocycles. The molecule has 0 spiro atoms. The number of allylic oxidation sites excluding steroid dienone is 8. The predicted molar refractivity (Wildman–Crippen MR) is 234 cm³/mol. The summed E-state index contributed by atoms with van der Waals surface area (Å²) >= 11 is 0. The van der Waals surface area contributed by atoms with E-state index in [4.69, 9.17) is 14.2 Å². The maximum atomic E-state index is 12.7. The van der Waals surface area contributed by atoms with Gasteiger partial charge in [-0.3, -0.25) is 9.59 Å². The number of carboxylic acid groups (broad SMARTS) is 1. The van der Waals surface area contributed by atoms with Gasteiger partial charge in [0, 0.05) is 19.3 Å². The molecule has 0 aliphatic heterocycles. The molecule has 0 aliphatic rings. The average Bonchev–Trinajstić information content (AvgIpc) is 3.15. The second kappa shape index (κ2) is 39.1. The molecule has 0 aromatic rings. The number of carbonyl (C=O) groups excluding carboxylic acids is 2. The van der Waals surface area contributed by atoms with E-state index in [1.165, 1.54) is 103 Å². The lowest BCUT2D eigenvalue weighted by atomic mass is 10.1. The number of aliphatic carboxylic acids is 1. The molecule has 0 radical (unpaired) electrons. The van der Waals surface area contributed by atoms with E-state index in [9.17, 15) is 19.5 Å². The van der Waals surface area contributed by atoms with Gasteiger partial charge in [0.05, 0.1) is 34.4 Å². The summed E-state index contributed by atoms with van der Waals surface area (Å²) in [5.74, 6) is -1.49. The number of hydrogen-bond acceptors (Lipinski definition) is 6. The Bertz CT molecular complexity index is 1060. The first-order valence-electron chi connectivity index (χ1n) is 22.7. The van der Waals surface area contributed by atoms with Crippen molar-refractivity contribution in [2.75, 3.05) is 41.0 Å². The summed E-state index contributed by atoms with van der Waals surface area (Å²) in [7, 11) is 5.52. The summed E-state index contributed by atoms with van der Waals surface area (Å²) in [6.07, 6.45) is 45.8. The number of carboxylic acids is 1. The van der Waals surface area contributed by atoms with Gasteiger partial charge in [0.25, 0.3) is 0 Å². The highest BCUT2D eigenvalue weighted by molar-refractivity contribution is 5.72. The van der Waals surface area contributed by atoms with E-state index in [0.717, 1.165) is 51.4 Å². The van der Waals surface area contributed by atoms with Crippen molar-refractivity contribution in [3.63, 3.8) is 0 Å². The molecule has 2 atom stereocenters. The van der Waals surface area contributed by atoms with Gasteiger partial charge in [0.2, 0.25) is 0 Å². The molecule has 2 unspecified atom stereocenters. The minimum atomic E-state index is -0.878. The Morgan fingerprint density at radius 2 is 1.02 bits per heavy atom. The Morgan fingerprint density at radius 1 is 0.554 bits per heavy atom. The van der Waals surface area contributed by atoms with Gasteiger partial charge >= 0.3 is 17.9 Å². The van der Waals surface area contributed by atoms with Gasteiger partial charge in [0.1, 0.15) is 6.61 Å². The smallest absolute Gasteiger partial charge is 0.362 e. The van der Waals surface area contributed by atoms with E-state index in [2.05, 4.69) is 62.5 Å². The van der Waals surface area contributed by atoms with Crippen molar-refractivity contribution >= 4 is 17.9 Å². The van der Waals surface area contributed by atoms with Crippen molar-refractivity contribution in [3.05, 3.63) is 48.6 Å². The zero-order chi connectivity index (χ0) is 41.4.